The van der Waals surface area contributed by atoms with E-state index in [2.05, 4.69) is 21.2 Å². The third kappa shape index (κ3) is 4.75. The molecule has 0 spiro atoms. The van der Waals surface area contributed by atoms with Gasteiger partial charge in [-0.15, -0.1) is 0 Å². The van der Waals surface area contributed by atoms with E-state index in [-0.39, 0.29) is 12.5 Å². The second kappa shape index (κ2) is 7.29. The molecular weight excluding hydrogens is 284 g/mol. The summed E-state index contributed by atoms with van der Waals surface area (Å²) in [4.78, 5) is 11.8. The fourth-order valence-corrected chi connectivity index (χ4v) is 1.85. The van der Waals surface area contributed by atoms with E-state index in [0.717, 1.165) is 23.7 Å². The Morgan fingerprint density at radius 3 is 2.82 bits per heavy atom. The van der Waals surface area contributed by atoms with Gasteiger partial charge in [-0.3, -0.25) is 4.79 Å². The first-order chi connectivity index (χ1) is 8.15. The molecule has 1 amide bonds. The van der Waals surface area contributed by atoms with Gasteiger partial charge >= 0.3 is 0 Å². The molecule has 0 bridgehead atoms. The van der Waals surface area contributed by atoms with Crippen molar-refractivity contribution in [2.45, 2.75) is 19.3 Å². The van der Waals surface area contributed by atoms with Crippen molar-refractivity contribution in [3.8, 4) is 0 Å². The van der Waals surface area contributed by atoms with Crippen molar-refractivity contribution < 1.29 is 9.90 Å². The van der Waals surface area contributed by atoms with Gasteiger partial charge in [-0.25, -0.2) is 0 Å². The number of halogens is 1. The molecule has 4 N–H and O–H groups in total. The number of nitrogens with one attached hydrogen (secondary N) is 1. The van der Waals surface area contributed by atoms with Crippen LogP contribution in [0.4, 0.5) is 5.69 Å². The molecule has 1 rings (SSSR count). The van der Waals surface area contributed by atoms with Crippen LogP contribution in [-0.2, 0) is 0 Å². The van der Waals surface area contributed by atoms with E-state index in [9.17, 15) is 4.79 Å². The first-order valence-electron chi connectivity index (χ1n) is 5.59. The Bertz CT molecular complexity index is 383. The predicted octanol–water partition coefficient (Wildman–Crippen LogP) is 1.92. The molecule has 0 saturated heterocycles. The fourth-order valence-electron chi connectivity index (χ4n) is 1.43. The lowest BCUT2D eigenvalue weighted by atomic mass is 10.2. The summed E-state index contributed by atoms with van der Waals surface area (Å²) in [7, 11) is 0. The minimum Gasteiger partial charge on any atom is -0.399 e. The van der Waals surface area contributed by atoms with Gasteiger partial charge < -0.3 is 16.2 Å². The number of amides is 1. The zero-order valence-corrected chi connectivity index (χ0v) is 11.2. The summed E-state index contributed by atoms with van der Waals surface area (Å²) in [5.74, 6) is -0.131. The van der Waals surface area contributed by atoms with Gasteiger partial charge in [-0.1, -0.05) is 0 Å². The molecule has 0 radical (unpaired) electrons. The zero-order valence-electron chi connectivity index (χ0n) is 9.58. The molecule has 0 aromatic heterocycles. The topological polar surface area (TPSA) is 75.4 Å². The Morgan fingerprint density at radius 1 is 1.35 bits per heavy atom. The molecule has 94 valence electrons. The Morgan fingerprint density at radius 2 is 2.12 bits per heavy atom. The van der Waals surface area contributed by atoms with Crippen molar-refractivity contribution in [1.82, 2.24) is 5.32 Å². The highest BCUT2D eigenvalue weighted by Crippen LogP contribution is 2.19. The quantitative estimate of drug-likeness (QED) is 0.555. The Kier molecular flexibility index (Phi) is 6.00. The lowest BCUT2D eigenvalue weighted by Crippen LogP contribution is -2.24. The van der Waals surface area contributed by atoms with Crippen molar-refractivity contribution in [3.63, 3.8) is 0 Å². The Labute approximate surface area is 109 Å². The molecule has 0 fully saturated rings. The highest BCUT2D eigenvalue weighted by atomic mass is 79.9. The normalized spacial score (nSPS) is 10.2. The average molecular weight is 301 g/mol. The van der Waals surface area contributed by atoms with E-state index in [0.29, 0.717) is 17.8 Å². The molecular formula is C12H17BrN2O2. The Balaban J connectivity index is 2.44. The lowest BCUT2D eigenvalue weighted by molar-refractivity contribution is 0.0952. The van der Waals surface area contributed by atoms with Crippen molar-refractivity contribution in [2.24, 2.45) is 0 Å². The van der Waals surface area contributed by atoms with Crippen LogP contribution in [0.3, 0.4) is 0 Å². The van der Waals surface area contributed by atoms with E-state index < -0.39 is 0 Å². The summed E-state index contributed by atoms with van der Waals surface area (Å²) in [6.45, 7) is 0.814. The highest BCUT2D eigenvalue weighted by molar-refractivity contribution is 9.10. The first-order valence-corrected chi connectivity index (χ1v) is 6.38. The van der Waals surface area contributed by atoms with Crippen LogP contribution in [0.2, 0.25) is 0 Å². The maximum atomic E-state index is 11.8. The molecule has 1 aromatic carbocycles. The Hall–Kier alpha value is -1.07. The lowest BCUT2D eigenvalue weighted by Gasteiger charge is -2.07. The molecule has 0 unspecified atom stereocenters. The molecule has 0 atom stereocenters. The number of nitrogens with two attached hydrogens (primary N) is 1. The average Bonchev–Trinajstić information content (AvgIpc) is 2.32. The van der Waals surface area contributed by atoms with Gasteiger partial charge in [0.05, 0.1) is 5.56 Å². The van der Waals surface area contributed by atoms with Crippen LogP contribution in [0.1, 0.15) is 29.6 Å². The molecule has 0 aliphatic carbocycles. The SMILES string of the molecule is Nc1ccc(Br)c(C(=O)NCCCCCO)c1. The van der Waals surface area contributed by atoms with E-state index >= 15 is 0 Å². The number of hydrogen-bond acceptors (Lipinski definition) is 3. The molecule has 0 aliphatic heterocycles. The van der Waals surface area contributed by atoms with Gasteiger partial charge in [0.25, 0.3) is 5.91 Å². The van der Waals surface area contributed by atoms with Crippen LogP contribution in [0.15, 0.2) is 22.7 Å². The maximum Gasteiger partial charge on any atom is 0.252 e. The smallest absolute Gasteiger partial charge is 0.252 e. The summed E-state index contributed by atoms with van der Waals surface area (Å²) in [5, 5.41) is 11.4. The van der Waals surface area contributed by atoms with Crippen LogP contribution in [0, 0.1) is 0 Å². The minimum absolute atomic E-state index is 0.131. The summed E-state index contributed by atoms with van der Waals surface area (Å²) in [5.41, 5.74) is 6.75. The summed E-state index contributed by atoms with van der Waals surface area (Å²) >= 11 is 3.32. The number of unbranched alkanes of at least 4 members (excludes halogenated alkanes) is 2. The molecule has 0 saturated carbocycles. The van der Waals surface area contributed by atoms with Crippen molar-refractivity contribution in [3.05, 3.63) is 28.2 Å². The second-order valence-corrected chi connectivity index (χ2v) is 4.63. The molecule has 1 aromatic rings. The fraction of sp³-hybridized carbons (Fsp3) is 0.417. The summed E-state index contributed by atoms with van der Waals surface area (Å²) in [6.07, 6.45) is 2.55. The van der Waals surface area contributed by atoms with Crippen LogP contribution < -0.4 is 11.1 Å². The molecule has 0 heterocycles. The molecule has 17 heavy (non-hydrogen) atoms. The second-order valence-electron chi connectivity index (χ2n) is 3.78. The number of anilines is 1. The number of hydrogen-bond donors (Lipinski definition) is 3. The molecule has 4 nitrogen and oxygen atoms in total. The zero-order chi connectivity index (χ0) is 12.7. The van der Waals surface area contributed by atoms with Gasteiger partial charge in [-0.05, 0) is 53.4 Å². The van der Waals surface area contributed by atoms with Crippen LogP contribution in [0.25, 0.3) is 0 Å². The standard InChI is InChI=1S/C12H17BrN2O2/c13-11-5-4-9(14)8-10(11)12(17)15-6-2-1-3-7-16/h4-5,8,16H,1-3,6-7,14H2,(H,15,17). The largest absolute Gasteiger partial charge is 0.399 e. The van der Waals surface area contributed by atoms with Crippen LogP contribution in [0.5, 0.6) is 0 Å². The molecule has 5 heteroatoms. The third-order valence-corrected chi connectivity index (χ3v) is 3.05. The monoisotopic (exact) mass is 300 g/mol. The minimum atomic E-state index is -0.131. The van der Waals surface area contributed by atoms with Gasteiger partial charge in [0.1, 0.15) is 0 Å². The van der Waals surface area contributed by atoms with Crippen LogP contribution in [-0.4, -0.2) is 24.2 Å². The van der Waals surface area contributed by atoms with Crippen molar-refractivity contribution in [1.29, 1.82) is 0 Å². The number of aliphatic hydroxyl groups is 1. The van der Waals surface area contributed by atoms with Gasteiger partial charge in [-0.2, -0.15) is 0 Å². The number of carbonyl (C=O) groups excluding carboxylic acids is 1. The number of nitrogen functional groups attached to an aromatic ring is 1. The number of carbonyl (C=O) groups is 1. The third-order valence-electron chi connectivity index (χ3n) is 2.36. The number of rotatable bonds is 6. The summed E-state index contributed by atoms with van der Waals surface area (Å²) in [6, 6.07) is 5.14. The van der Waals surface area contributed by atoms with E-state index in [1.54, 1.807) is 18.2 Å². The molecule has 0 aliphatic rings. The predicted molar refractivity (Wildman–Crippen MR) is 71.8 cm³/mol. The van der Waals surface area contributed by atoms with Gasteiger partial charge in [0.15, 0.2) is 0 Å². The summed E-state index contributed by atoms with van der Waals surface area (Å²) < 4.78 is 0.736. The van der Waals surface area contributed by atoms with E-state index in [1.807, 2.05) is 0 Å². The van der Waals surface area contributed by atoms with Gasteiger partial charge in [0.2, 0.25) is 0 Å². The van der Waals surface area contributed by atoms with Gasteiger partial charge in [0, 0.05) is 23.3 Å². The maximum absolute atomic E-state index is 11.8. The van der Waals surface area contributed by atoms with Crippen molar-refractivity contribution >= 4 is 27.5 Å². The van der Waals surface area contributed by atoms with E-state index in [1.165, 1.54) is 0 Å². The first kappa shape index (κ1) is 14.0. The number of benzene rings is 1. The van der Waals surface area contributed by atoms with Crippen molar-refractivity contribution in [2.75, 3.05) is 18.9 Å². The highest BCUT2D eigenvalue weighted by Gasteiger charge is 2.09. The van der Waals surface area contributed by atoms with E-state index in [4.69, 9.17) is 10.8 Å². The van der Waals surface area contributed by atoms with Crippen LogP contribution >= 0.6 is 15.9 Å². The number of aliphatic hydroxyl groups excluding tert-OH is 1.